The topological polar surface area (TPSA) is 9.23 Å². The summed E-state index contributed by atoms with van der Waals surface area (Å²) in [5, 5.41) is 0. The largest absolute Gasteiger partial charge is 0.496 e. The Morgan fingerprint density at radius 3 is 2.77 bits per heavy atom. The molecule has 72 valence electrons. The molecule has 0 atom stereocenters. The van der Waals surface area contributed by atoms with Crippen molar-refractivity contribution in [3.05, 3.63) is 27.3 Å². The van der Waals surface area contributed by atoms with Crippen molar-refractivity contribution >= 4 is 22.6 Å². The van der Waals surface area contributed by atoms with Crippen LogP contribution in [-0.4, -0.2) is 7.11 Å². The molecule has 0 saturated carbocycles. The Bertz CT molecular complexity index is 271. The smallest absolute Gasteiger partial charge is 0.122 e. The van der Waals surface area contributed by atoms with Crippen LogP contribution in [0.4, 0.5) is 0 Å². The van der Waals surface area contributed by atoms with Crippen LogP contribution in [0, 0.1) is 3.57 Å². The Kier molecular flexibility index (Phi) is 4.56. The van der Waals surface area contributed by atoms with E-state index in [2.05, 4.69) is 41.6 Å². The van der Waals surface area contributed by atoms with Crippen LogP contribution in [0.1, 0.15) is 25.3 Å². The normalized spacial score (nSPS) is 10.1. The summed E-state index contributed by atoms with van der Waals surface area (Å²) < 4.78 is 6.58. The summed E-state index contributed by atoms with van der Waals surface area (Å²) in [6.07, 6.45) is 3.58. The predicted octanol–water partition coefficient (Wildman–Crippen LogP) is 3.64. The summed E-state index contributed by atoms with van der Waals surface area (Å²) in [5.41, 5.74) is 1.33. The van der Waals surface area contributed by atoms with E-state index in [-0.39, 0.29) is 0 Å². The number of hydrogen-bond acceptors (Lipinski definition) is 1. The van der Waals surface area contributed by atoms with Crippen molar-refractivity contribution < 1.29 is 4.74 Å². The molecule has 0 aromatic heterocycles. The first-order valence-electron chi connectivity index (χ1n) is 4.60. The minimum atomic E-state index is 1.02. The molecule has 0 amide bonds. The molecule has 0 unspecified atom stereocenters. The van der Waals surface area contributed by atoms with Gasteiger partial charge in [-0.05, 0) is 59.2 Å². The number of ether oxygens (including phenoxy) is 1. The van der Waals surface area contributed by atoms with Crippen molar-refractivity contribution in [2.75, 3.05) is 7.11 Å². The van der Waals surface area contributed by atoms with Crippen LogP contribution in [-0.2, 0) is 6.42 Å². The van der Waals surface area contributed by atoms with Gasteiger partial charge in [-0.3, -0.25) is 0 Å². The second-order valence-electron chi connectivity index (χ2n) is 3.06. The summed E-state index contributed by atoms with van der Waals surface area (Å²) in [7, 11) is 1.73. The van der Waals surface area contributed by atoms with Gasteiger partial charge >= 0.3 is 0 Å². The summed E-state index contributed by atoms with van der Waals surface area (Å²) in [5.74, 6) is 1.02. The Balaban J connectivity index is 2.81. The molecule has 1 nitrogen and oxygen atoms in total. The van der Waals surface area contributed by atoms with E-state index in [1.807, 2.05) is 6.07 Å². The lowest BCUT2D eigenvalue weighted by Gasteiger charge is -2.07. The van der Waals surface area contributed by atoms with Crippen molar-refractivity contribution in [2.45, 2.75) is 26.2 Å². The van der Waals surface area contributed by atoms with Gasteiger partial charge in [-0.1, -0.05) is 13.3 Å². The minimum absolute atomic E-state index is 1.02. The third-order valence-corrected chi connectivity index (χ3v) is 2.71. The van der Waals surface area contributed by atoms with E-state index >= 15 is 0 Å². The average Bonchev–Trinajstić information content (AvgIpc) is 2.15. The molecule has 0 aliphatic carbocycles. The molecule has 1 rings (SSSR count). The molecule has 0 saturated heterocycles. The second-order valence-corrected chi connectivity index (χ2v) is 4.31. The Labute approximate surface area is 93.6 Å². The zero-order valence-corrected chi connectivity index (χ0v) is 10.3. The van der Waals surface area contributed by atoms with Crippen LogP contribution >= 0.6 is 22.6 Å². The molecule has 13 heavy (non-hydrogen) atoms. The maximum absolute atomic E-state index is 5.29. The lowest BCUT2D eigenvalue weighted by atomic mass is 10.1. The highest BCUT2D eigenvalue weighted by molar-refractivity contribution is 14.1. The van der Waals surface area contributed by atoms with E-state index in [1.54, 1.807) is 7.11 Å². The fraction of sp³-hybridized carbons (Fsp3) is 0.455. The number of rotatable bonds is 4. The second kappa shape index (κ2) is 5.47. The van der Waals surface area contributed by atoms with Gasteiger partial charge in [0.1, 0.15) is 5.75 Å². The fourth-order valence-corrected chi connectivity index (χ4v) is 1.87. The monoisotopic (exact) mass is 290 g/mol. The van der Waals surface area contributed by atoms with Crippen molar-refractivity contribution in [1.29, 1.82) is 0 Å². The van der Waals surface area contributed by atoms with Gasteiger partial charge < -0.3 is 4.74 Å². The Morgan fingerprint density at radius 2 is 2.15 bits per heavy atom. The van der Waals surface area contributed by atoms with Gasteiger partial charge in [-0.25, -0.2) is 0 Å². The molecule has 0 radical (unpaired) electrons. The molecule has 1 aromatic rings. The lowest BCUT2D eigenvalue weighted by Crippen LogP contribution is -1.92. The van der Waals surface area contributed by atoms with Crippen LogP contribution < -0.4 is 4.74 Å². The number of benzene rings is 1. The van der Waals surface area contributed by atoms with Crippen LogP contribution in [0.15, 0.2) is 18.2 Å². The number of hydrogen-bond donors (Lipinski definition) is 0. The molecule has 0 heterocycles. The number of aryl methyl sites for hydroxylation is 1. The third kappa shape index (κ3) is 3.18. The first kappa shape index (κ1) is 10.8. The first-order chi connectivity index (χ1) is 6.27. The number of methoxy groups -OCH3 is 1. The van der Waals surface area contributed by atoms with E-state index in [0.29, 0.717) is 0 Å². The summed E-state index contributed by atoms with van der Waals surface area (Å²) in [6, 6.07) is 6.33. The van der Waals surface area contributed by atoms with Gasteiger partial charge in [0.05, 0.1) is 7.11 Å². The lowest BCUT2D eigenvalue weighted by molar-refractivity contribution is 0.409. The summed E-state index contributed by atoms with van der Waals surface area (Å²) >= 11 is 2.33. The summed E-state index contributed by atoms with van der Waals surface area (Å²) in [4.78, 5) is 0. The van der Waals surface area contributed by atoms with E-state index in [4.69, 9.17) is 4.74 Å². The molecule has 0 fully saturated rings. The van der Waals surface area contributed by atoms with E-state index in [9.17, 15) is 0 Å². The van der Waals surface area contributed by atoms with E-state index < -0.39 is 0 Å². The van der Waals surface area contributed by atoms with Gasteiger partial charge in [0.15, 0.2) is 0 Å². The molecule has 0 bridgehead atoms. The molecular weight excluding hydrogens is 275 g/mol. The van der Waals surface area contributed by atoms with Crippen LogP contribution in [0.3, 0.4) is 0 Å². The van der Waals surface area contributed by atoms with Gasteiger partial charge in [-0.2, -0.15) is 0 Å². The van der Waals surface area contributed by atoms with Crippen molar-refractivity contribution in [3.63, 3.8) is 0 Å². The predicted molar refractivity (Wildman–Crippen MR) is 64.3 cm³/mol. The molecule has 2 heteroatoms. The molecule has 0 aliphatic heterocycles. The molecule has 0 spiro atoms. The van der Waals surface area contributed by atoms with Crippen molar-refractivity contribution in [2.24, 2.45) is 0 Å². The standard InChI is InChI=1S/C11H15IO/c1-3-4-5-9-8-10(12)6-7-11(9)13-2/h6-8H,3-5H2,1-2H3. The number of unbranched alkanes of at least 4 members (excludes halogenated alkanes) is 1. The maximum atomic E-state index is 5.29. The van der Waals surface area contributed by atoms with E-state index in [1.165, 1.54) is 22.0 Å². The zero-order valence-electron chi connectivity index (χ0n) is 8.14. The SMILES string of the molecule is CCCCc1cc(I)ccc1OC. The van der Waals surface area contributed by atoms with Gasteiger partial charge in [0, 0.05) is 3.57 Å². The fourth-order valence-electron chi connectivity index (χ4n) is 1.31. The quantitative estimate of drug-likeness (QED) is 0.769. The highest BCUT2D eigenvalue weighted by atomic mass is 127. The number of halogens is 1. The third-order valence-electron chi connectivity index (χ3n) is 2.04. The molecule has 1 aromatic carbocycles. The molecule has 0 N–H and O–H groups in total. The van der Waals surface area contributed by atoms with Gasteiger partial charge in [0.2, 0.25) is 0 Å². The first-order valence-corrected chi connectivity index (χ1v) is 5.68. The minimum Gasteiger partial charge on any atom is -0.496 e. The molecular formula is C11H15IO. The Hall–Kier alpha value is -0.250. The zero-order chi connectivity index (χ0) is 9.68. The van der Waals surface area contributed by atoms with Crippen molar-refractivity contribution in [1.82, 2.24) is 0 Å². The summed E-state index contributed by atoms with van der Waals surface area (Å²) in [6.45, 7) is 2.21. The Morgan fingerprint density at radius 1 is 1.38 bits per heavy atom. The van der Waals surface area contributed by atoms with Crippen molar-refractivity contribution in [3.8, 4) is 5.75 Å². The highest BCUT2D eigenvalue weighted by Crippen LogP contribution is 2.22. The highest BCUT2D eigenvalue weighted by Gasteiger charge is 2.02. The van der Waals surface area contributed by atoms with Crippen LogP contribution in [0.2, 0.25) is 0 Å². The molecule has 0 aliphatic rings. The average molecular weight is 290 g/mol. The van der Waals surface area contributed by atoms with Gasteiger partial charge in [0.25, 0.3) is 0 Å². The maximum Gasteiger partial charge on any atom is 0.122 e. The van der Waals surface area contributed by atoms with Crippen LogP contribution in [0.25, 0.3) is 0 Å². The van der Waals surface area contributed by atoms with Gasteiger partial charge in [-0.15, -0.1) is 0 Å². The van der Waals surface area contributed by atoms with E-state index in [0.717, 1.165) is 12.2 Å². The van der Waals surface area contributed by atoms with Crippen LogP contribution in [0.5, 0.6) is 5.75 Å².